The lowest BCUT2D eigenvalue weighted by Gasteiger charge is -2.22. The van der Waals surface area contributed by atoms with E-state index in [1.54, 1.807) is 37.5 Å². The van der Waals surface area contributed by atoms with Crippen molar-refractivity contribution in [2.24, 2.45) is 5.92 Å². The molecule has 0 unspecified atom stereocenters. The van der Waals surface area contributed by atoms with Crippen LogP contribution in [-0.4, -0.2) is 39.4 Å². The summed E-state index contributed by atoms with van der Waals surface area (Å²) in [5.74, 6) is 1.47. The highest BCUT2D eigenvalue weighted by Gasteiger charge is 2.26. The number of aromatic nitrogens is 3. The second-order valence-corrected chi connectivity index (χ2v) is 10.2. The molecule has 0 bridgehead atoms. The lowest BCUT2D eigenvalue weighted by molar-refractivity contribution is -0.113. The largest absolute Gasteiger partial charge is 0.497 e. The molecule has 0 saturated carbocycles. The zero-order valence-corrected chi connectivity index (χ0v) is 22.8. The van der Waals surface area contributed by atoms with Gasteiger partial charge in [-0.3, -0.25) is 9.59 Å². The number of methoxy groups -OCH3 is 1. The molecule has 3 rings (SSSR count). The molecule has 0 spiro atoms. The molecule has 9 heteroatoms. The van der Waals surface area contributed by atoms with Crippen molar-refractivity contribution in [2.45, 2.75) is 51.4 Å². The van der Waals surface area contributed by atoms with E-state index in [4.69, 9.17) is 4.74 Å². The summed E-state index contributed by atoms with van der Waals surface area (Å²) in [5, 5.41) is 15.4. The van der Waals surface area contributed by atoms with Crippen LogP contribution in [0.3, 0.4) is 0 Å². The zero-order chi connectivity index (χ0) is 26.9. The molecule has 196 valence electrons. The molecule has 8 nitrogen and oxygen atoms in total. The van der Waals surface area contributed by atoms with Crippen molar-refractivity contribution in [2.75, 3.05) is 18.2 Å². The van der Waals surface area contributed by atoms with Crippen molar-refractivity contribution in [3.63, 3.8) is 0 Å². The summed E-state index contributed by atoms with van der Waals surface area (Å²) < 4.78 is 7.07. The summed E-state index contributed by atoms with van der Waals surface area (Å²) in [6.45, 7) is 12.5. The molecular formula is C28H35N5O3S. The first kappa shape index (κ1) is 28.0. The van der Waals surface area contributed by atoms with Gasteiger partial charge in [-0.15, -0.1) is 16.8 Å². The Kier molecular flexibility index (Phi) is 9.91. The number of nitrogens with zero attached hydrogens (tertiary/aromatic N) is 3. The van der Waals surface area contributed by atoms with Crippen LogP contribution < -0.4 is 15.4 Å². The second kappa shape index (κ2) is 13.1. The van der Waals surface area contributed by atoms with Crippen LogP contribution in [0.2, 0.25) is 0 Å². The third kappa shape index (κ3) is 7.22. The maximum Gasteiger partial charge on any atom is 0.251 e. The van der Waals surface area contributed by atoms with Gasteiger partial charge < -0.3 is 19.9 Å². The standard InChI is InChI=1S/C28H35N5O3S/c1-7-16-33-26(25(19(4)5)30-27(35)20-12-14-21(36-6)15-13-20)31-32-28(33)37-17-24(34)29-23-11-9-8-10-22(23)18(2)3/h7-15,18-19,25H,1,16-17H2,2-6H3,(H,29,34)(H,30,35)/t25-/m0/s1. The van der Waals surface area contributed by atoms with Crippen molar-refractivity contribution >= 4 is 29.3 Å². The van der Waals surface area contributed by atoms with E-state index < -0.39 is 0 Å². The molecule has 37 heavy (non-hydrogen) atoms. The SMILES string of the molecule is C=CCn1c(SCC(=O)Nc2ccccc2C(C)C)nnc1[C@@H](NC(=O)c1ccc(OC)cc1)C(C)C. The number of hydrogen-bond donors (Lipinski definition) is 2. The fraction of sp³-hybridized carbons (Fsp3) is 0.357. The highest BCUT2D eigenvalue weighted by molar-refractivity contribution is 7.99. The van der Waals surface area contributed by atoms with Gasteiger partial charge >= 0.3 is 0 Å². The van der Waals surface area contributed by atoms with E-state index in [1.807, 2.05) is 42.7 Å². The monoisotopic (exact) mass is 521 g/mol. The van der Waals surface area contributed by atoms with E-state index >= 15 is 0 Å². The van der Waals surface area contributed by atoms with E-state index in [2.05, 4.69) is 41.3 Å². The Morgan fingerprint density at radius 1 is 1.08 bits per heavy atom. The van der Waals surface area contributed by atoms with Gasteiger partial charge in [0.2, 0.25) is 5.91 Å². The molecular weight excluding hydrogens is 486 g/mol. The lowest BCUT2D eigenvalue weighted by atomic mass is 10.0. The average Bonchev–Trinajstić information content (AvgIpc) is 3.28. The quantitative estimate of drug-likeness (QED) is 0.243. The molecule has 0 aliphatic carbocycles. The lowest BCUT2D eigenvalue weighted by Crippen LogP contribution is -2.33. The number of thioether (sulfide) groups is 1. The minimum Gasteiger partial charge on any atom is -0.497 e. The molecule has 3 aromatic rings. The van der Waals surface area contributed by atoms with Gasteiger partial charge in [0.15, 0.2) is 11.0 Å². The van der Waals surface area contributed by atoms with Gasteiger partial charge in [-0.2, -0.15) is 0 Å². The van der Waals surface area contributed by atoms with E-state index in [1.165, 1.54) is 11.8 Å². The van der Waals surface area contributed by atoms with Gasteiger partial charge in [0.05, 0.1) is 18.9 Å². The summed E-state index contributed by atoms with van der Waals surface area (Å²) in [4.78, 5) is 25.7. The van der Waals surface area contributed by atoms with Crippen LogP contribution in [0.4, 0.5) is 5.69 Å². The number of nitrogens with one attached hydrogen (secondary N) is 2. The van der Waals surface area contributed by atoms with E-state index in [0.717, 1.165) is 11.3 Å². The number of benzene rings is 2. The first-order chi connectivity index (χ1) is 17.7. The molecule has 0 saturated heterocycles. The molecule has 2 N–H and O–H groups in total. The summed E-state index contributed by atoms with van der Waals surface area (Å²) in [7, 11) is 1.58. The topological polar surface area (TPSA) is 98.1 Å². The van der Waals surface area contributed by atoms with Crippen LogP contribution >= 0.6 is 11.8 Å². The molecule has 1 heterocycles. The number of allylic oxidation sites excluding steroid dienone is 1. The number of amides is 2. The number of ether oxygens (including phenoxy) is 1. The van der Waals surface area contributed by atoms with Gasteiger partial charge in [-0.25, -0.2) is 0 Å². The van der Waals surface area contributed by atoms with Crippen molar-refractivity contribution in [3.8, 4) is 5.75 Å². The number of para-hydroxylation sites is 1. The Balaban J connectivity index is 1.75. The number of carbonyl (C=O) groups excluding carboxylic acids is 2. The Morgan fingerprint density at radius 3 is 2.41 bits per heavy atom. The fourth-order valence-corrected chi connectivity index (χ4v) is 4.62. The zero-order valence-electron chi connectivity index (χ0n) is 22.0. The first-order valence-electron chi connectivity index (χ1n) is 12.3. The molecule has 0 radical (unpaired) electrons. The number of rotatable bonds is 12. The molecule has 1 aromatic heterocycles. The number of anilines is 1. The van der Waals surface area contributed by atoms with Crippen LogP contribution in [0.25, 0.3) is 0 Å². The van der Waals surface area contributed by atoms with Gasteiger partial charge in [-0.1, -0.05) is 63.7 Å². The molecule has 2 aromatic carbocycles. The normalized spacial score (nSPS) is 11.9. The van der Waals surface area contributed by atoms with Crippen molar-refractivity contribution in [3.05, 3.63) is 78.1 Å². The van der Waals surface area contributed by atoms with Gasteiger partial charge in [0.25, 0.3) is 5.91 Å². The van der Waals surface area contributed by atoms with Crippen LogP contribution in [-0.2, 0) is 11.3 Å². The fourth-order valence-electron chi connectivity index (χ4n) is 3.86. The van der Waals surface area contributed by atoms with Gasteiger partial charge in [0.1, 0.15) is 5.75 Å². The molecule has 2 amide bonds. The van der Waals surface area contributed by atoms with Crippen molar-refractivity contribution in [1.29, 1.82) is 0 Å². The summed E-state index contributed by atoms with van der Waals surface area (Å²) in [5.41, 5.74) is 2.43. The third-order valence-corrected chi connectivity index (χ3v) is 6.80. The first-order valence-corrected chi connectivity index (χ1v) is 13.2. The van der Waals surface area contributed by atoms with Crippen molar-refractivity contribution < 1.29 is 14.3 Å². The Bertz CT molecular complexity index is 1220. The highest BCUT2D eigenvalue weighted by atomic mass is 32.2. The molecule has 0 fully saturated rings. The maximum atomic E-state index is 13.0. The summed E-state index contributed by atoms with van der Waals surface area (Å²) in [6.07, 6.45) is 1.75. The van der Waals surface area contributed by atoms with E-state index in [0.29, 0.717) is 34.8 Å². The van der Waals surface area contributed by atoms with Crippen LogP contribution in [0, 0.1) is 5.92 Å². The van der Waals surface area contributed by atoms with Gasteiger partial charge in [-0.05, 0) is 47.7 Å². The Morgan fingerprint density at radius 2 is 1.78 bits per heavy atom. The third-order valence-electron chi connectivity index (χ3n) is 5.83. The van der Waals surface area contributed by atoms with Gasteiger partial charge in [0, 0.05) is 17.8 Å². The van der Waals surface area contributed by atoms with Crippen molar-refractivity contribution in [1.82, 2.24) is 20.1 Å². The summed E-state index contributed by atoms with van der Waals surface area (Å²) >= 11 is 1.30. The minimum atomic E-state index is -0.386. The Hall–Kier alpha value is -3.59. The predicted octanol–water partition coefficient (Wildman–Crippen LogP) is 5.45. The molecule has 0 aliphatic heterocycles. The molecule has 0 aliphatic rings. The van der Waals surface area contributed by atoms with E-state index in [9.17, 15) is 9.59 Å². The summed E-state index contributed by atoms with van der Waals surface area (Å²) in [6, 6.07) is 14.4. The second-order valence-electron chi connectivity index (χ2n) is 9.24. The van der Waals surface area contributed by atoms with Crippen LogP contribution in [0.5, 0.6) is 5.75 Å². The highest BCUT2D eigenvalue weighted by Crippen LogP contribution is 2.27. The van der Waals surface area contributed by atoms with Crippen LogP contribution in [0.1, 0.15) is 61.4 Å². The average molecular weight is 522 g/mol. The minimum absolute atomic E-state index is 0.0450. The van der Waals surface area contributed by atoms with E-state index in [-0.39, 0.29) is 29.5 Å². The smallest absolute Gasteiger partial charge is 0.251 e. The molecule has 1 atom stereocenters. The van der Waals surface area contributed by atoms with Crippen LogP contribution in [0.15, 0.2) is 66.3 Å². The Labute approximate surface area is 222 Å². The predicted molar refractivity (Wildman–Crippen MR) is 148 cm³/mol. The number of carbonyl (C=O) groups is 2. The maximum absolute atomic E-state index is 13.0. The number of hydrogen-bond acceptors (Lipinski definition) is 6.